The van der Waals surface area contributed by atoms with E-state index in [1.807, 2.05) is 22.6 Å². The molecule has 0 aromatic carbocycles. The topological polar surface area (TPSA) is 22.1 Å². The van der Waals surface area contributed by atoms with E-state index in [2.05, 4.69) is 4.98 Å². The summed E-state index contributed by atoms with van der Waals surface area (Å²) in [5.74, 6) is 0.514. The lowest BCUT2D eigenvalue weighted by molar-refractivity contribution is 0.146. The minimum absolute atomic E-state index is 0.222. The summed E-state index contributed by atoms with van der Waals surface area (Å²) >= 11 is 1.92. The average Bonchev–Trinajstić information content (AvgIpc) is 2.04. The molecule has 1 aromatic heterocycles. The Labute approximate surface area is 82.1 Å². The molecule has 0 radical (unpaired) electrons. The summed E-state index contributed by atoms with van der Waals surface area (Å²) in [6, 6.07) is 1.31. The Morgan fingerprint density at radius 1 is 1.58 bits per heavy atom. The van der Waals surface area contributed by atoms with Gasteiger partial charge in [-0.15, -0.1) is 0 Å². The maximum atomic E-state index is 12.1. The third kappa shape index (κ3) is 2.02. The van der Waals surface area contributed by atoms with E-state index in [-0.39, 0.29) is 5.69 Å². The first-order chi connectivity index (χ1) is 5.65. The summed E-state index contributed by atoms with van der Waals surface area (Å²) in [5, 5.41) is 0. The van der Waals surface area contributed by atoms with Gasteiger partial charge >= 0.3 is 0 Å². The molecule has 2 nitrogen and oxygen atoms in total. The molecule has 1 rings (SSSR count). The van der Waals surface area contributed by atoms with E-state index in [0.29, 0.717) is 9.32 Å². The van der Waals surface area contributed by atoms with Crippen molar-refractivity contribution in [1.29, 1.82) is 0 Å². The molecule has 0 amide bonds. The molecule has 5 heteroatoms. The van der Waals surface area contributed by atoms with Crippen LogP contribution in [0.4, 0.5) is 8.78 Å². The highest BCUT2D eigenvalue weighted by Gasteiger charge is 2.10. The summed E-state index contributed by atoms with van der Waals surface area (Å²) in [7, 11) is 1.47. The first kappa shape index (κ1) is 9.63. The fraction of sp³-hybridized carbons (Fsp3) is 0.286. The Morgan fingerprint density at radius 3 is 2.67 bits per heavy atom. The second kappa shape index (κ2) is 3.97. The second-order valence-electron chi connectivity index (χ2n) is 2.04. The minimum Gasteiger partial charge on any atom is -0.494 e. The van der Waals surface area contributed by atoms with Crippen LogP contribution in [0.25, 0.3) is 0 Å². The Kier molecular flexibility index (Phi) is 3.19. The van der Waals surface area contributed by atoms with Crippen molar-refractivity contribution in [2.45, 2.75) is 6.43 Å². The zero-order valence-corrected chi connectivity index (χ0v) is 8.38. The van der Waals surface area contributed by atoms with Crippen molar-refractivity contribution in [2.75, 3.05) is 7.11 Å². The van der Waals surface area contributed by atoms with Gasteiger partial charge in [-0.25, -0.2) is 8.78 Å². The molecule has 0 saturated carbocycles. The largest absolute Gasteiger partial charge is 0.494 e. The Morgan fingerprint density at radius 2 is 2.25 bits per heavy atom. The number of hydrogen-bond donors (Lipinski definition) is 0. The van der Waals surface area contributed by atoms with Crippen LogP contribution in [-0.4, -0.2) is 12.1 Å². The average molecular weight is 285 g/mol. The van der Waals surface area contributed by atoms with Gasteiger partial charge in [0, 0.05) is 0 Å². The predicted octanol–water partition coefficient (Wildman–Crippen LogP) is 2.63. The smallest absolute Gasteiger partial charge is 0.280 e. The number of nitrogens with zero attached hydrogens (tertiary/aromatic N) is 1. The maximum Gasteiger partial charge on any atom is 0.280 e. The van der Waals surface area contributed by atoms with E-state index in [1.165, 1.54) is 19.4 Å². The summed E-state index contributed by atoms with van der Waals surface area (Å²) in [6.07, 6.45) is -1.23. The second-order valence-corrected chi connectivity index (χ2v) is 3.21. The Balaban J connectivity index is 3.02. The summed E-state index contributed by atoms with van der Waals surface area (Å²) in [4.78, 5) is 3.53. The van der Waals surface area contributed by atoms with E-state index in [9.17, 15) is 8.78 Å². The molecule has 0 bridgehead atoms. The van der Waals surface area contributed by atoms with Crippen molar-refractivity contribution in [3.05, 3.63) is 21.5 Å². The molecule has 0 unspecified atom stereocenters. The van der Waals surface area contributed by atoms with E-state index in [0.717, 1.165) is 0 Å². The molecule has 66 valence electrons. The van der Waals surface area contributed by atoms with Gasteiger partial charge in [-0.05, 0) is 28.7 Å². The normalized spacial score (nSPS) is 10.4. The van der Waals surface area contributed by atoms with Crippen LogP contribution in [0, 0.1) is 3.57 Å². The van der Waals surface area contributed by atoms with Gasteiger partial charge in [-0.3, -0.25) is 4.98 Å². The molecule has 0 fully saturated rings. The van der Waals surface area contributed by atoms with Crippen molar-refractivity contribution in [2.24, 2.45) is 0 Å². The van der Waals surface area contributed by atoms with Gasteiger partial charge < -0.3 is 4.74 Å². The predicted molar refractivity (Wildman–Crippen MR) is 48.5 cm³/mol. The zero-order chi connectivity index (χ0) is 9.14. The molecular formula is C7H6F2INO. The van der Waals surface area contributed by atoms with Crippen LogP contribution in [0.5, 0.6) is 5.75 Å². The molecule has 1 aromatic rings. The van der Waals surface area contributed by atoms with Crippen LogP contribution < -0.4 is 4.74 Å². The van der Waals surface area contributed by atoms with Crippen molar-refractivity contribution in [3.63, 3.8) is 0 Å². The van der Waals surface area contributed by atoms with Gasteiger partial charge in [0.1, 0.15) is 11.4 Å². The van der Waals surface area contributed by atoms with Crippen LogP contribution in [0.15, 0.2) is 12.3 Å². The van der Waals surface area contributed by atoms with Crippen molar-refractivity contribution >= 4 is 22.6 Å². The van der Waals surface area contributed by atoms with Gasteiger partial charge in [0.15, 0.2) is 0 Å². The van der Waals surface area contributed by atoms with Crippen LogP contribution in [-0.2, 0) is 0 Å². The fourth-order valence-electron chi connectivity index (χ4n) is 0.703. The molecule has 0 atom stereocenters. The van der Waals surface area contributed by atoms with Crippen molar-refractivity contribution < 1.29 is 13.5 Å². The molecule has 0 aliphatic heterocycles. The summed E-state index contributed by atoms with van der Waals surface area (Å²) in [6.45, 7) is 0. The lowest BCUT2D eigenvalue weighted by Crippen LogP contribution is -1.94. The molecule has 0 aliphatic carbocycles. The van der Waals surface area contributed by atoms with Crippen LogP contribution in [0.3, 0.4) is 0 Å². The van der Waals surface area contributed by atoms with Gasteiger partial charge in [0.05, 0.1) is 16.9 Å². The quantitative estimate of drug-likeness (QED) is 0.779. The third-order valence-electron chi connectivity index (χ3n) is 1.28. The zero-order valence-electron chi connectivity index (χ0n) is 6.22. The highest BCUT2D eigenvalue weighted by Crippen LogP contribution is 2.24. The highest BCUT2D eigenvalue weighted by molar-refractivity contribution is 14.1. The summed E-state index contributed by atoms with van der Waals surface area (Å²) in [5.41, 5.74) is -0.222. The number of methoxy groups -OCH3 is 1. The number of halogens is 3. The van der Waals surface area contributed by atoms with Crippen molar-refractivity contribution in [1.82, 2.24) is 4.98 Å². The monoisotopic (exact) mass is 285 g/mol. The standard InChI is InChI=1S/C7H6F2INO/c1-12-6-3-11-5(7(8)9)2-4(6)10/h2-3,7H,1H3. The van der Waals surface area contributed by atoms with E-state index in [1.54, 1.807) is 0 Å². The third-order valence-corrected chi connectivity index (χ3v) is 2.13. The highest BCUT2D eigenvalue weighted by atomic mass is 127. The first-order valence-corrected chi connectivity index (χ1v) is 4.20. The Bertz CT molecular complexity index is 280. The van der Waals surface area contributed by atoms with Gasteiger partial charge in [0.25, 0.3) is 6.43 Å². The fourth-order valence-corrected chi connectivity index (χ4v) is 1.38. The van der Waals surface area contributed by atoms with Crippen LogP contribution in [0.1, 0.15) is 12.1 Å². The van der Waals surface area contributed by atoms with Gasteiger partial charge in [-0.2, -0.15) is 0 Å². The van der Waals surface area contributed by atoms with E-state index in [4.69, 9.17) is 4.74 Å². The first-order valence-electron chi connectivity index (χ1n) is 3.12. The minimum atomic E-state index is -2.52. The van der Waals surface area contributed by atoms with Gasteiger partial charge in [0.2, 0.25) is 0 Å². The van der Waals surface area contributed by atoms with Crippen LogP contribution in [0.2, 0.25) is 0 Å². The number of rotatable bonds is 2. The van der Waals surface area contributed by atoms with E-state index >= 15 is 0 Å². The van der Waals surface area contributed by atoms with Crippen molar-refractivity contribution in [3.8, 4) is 5.75 Å². The number of hydrogen-bond acceptors (Lipinski definition) is 2. The maximum absolute atomic E-state index is 12.1. The number of ether oxygens (including phenoxy) is 1. The van der Waals surface area contributed by atoms with Gasteiger partial charge in [-0.1, -0.05) is 0 Å². The lowest BCUT2D eigenvalue weighted by atomic mass is 10.3. The molecule has 0 saturated heterocycles. The number of alkyl halides is 2. The molecule has 0 N–H and O–H groups in total. The molecule has 0 aliphatic rings. The SMILES string of the molecule is COc1cnc(C(F)F)cc1I. The number of pyridine rings is 1. The molecular weight excluding hydrogens is 279 g/mol. The lowest BCUT2D eigenvalue weighted by Gasteiger charge is -2.03. The molecule has 0 spiro atoms. The Hall–Kier alpha value is -0.460. The molecule has 1 heterocycles. The van der Waals surface area contributed by atoms with Crippen LogP contribution >= 0.6 is 22.6 Å². The van der Waals surface area contributed by atoms with E-state index < -0.39 is 6.43 Å². The molecule has 12 heavy (non-hydrogen) atoms. The summed E-state index contributed by atoms with van der Waals surface area (Å²) < 4.78 is 29.7. The number of aromatic nitrogens is 1.